The monoisotopic (exact) mass is 292 g/mol. The van der Waals surface area contributed by atoms with E-state index in [1.165, 1.54) is 13.8 Å². The third-order valence-electron chi connectivity index (χ3n) is 3.35. The number of nitrogens with two attached hydrogens (primary N) is 1. The molecule has 0 aromatic heterocycles. The van der Waals surface area contributed by atoms with E-state index < -0.39 is 20.7 Å². The SMILES string of the molecule is Cc1cc(N2C(=O)C(C)(C)S2(=O)=O)ccc1C#CCN. The van der Waals surface area contributed by atoms with Crippen LogP contribution in [0.25, 0.3) is 0 Å². The molecule has 0 aliphatic carbocycles. The minimum absolute atomic E-state index is 0.258. The molecule has 1 saturated heterocycles. The average Bonchev–Trinajstić information content (AvgIpc) is 2.37. The van der Waals surface area contributed by atoms with Gasteiger partial charge in [-0.25, -0.2) is 12.7 Å². The second kappa shape index (κ2) is 4.62. The number of hydrogen-bond acceptors (Lipinski definition) is 4. The van der Waals surface area contributed by atoms with E-state index in [4.69, 9.17) is 5.73 Å². The Hall–Kier alpha value is -1.84. The molecule has 2 N–H and O–H groups in total. The lowest BCUT2D eigenvalue weighted by Crippen LogP contribution is -2.67. The number of anilines is 1. The van der Waals surface area contributed by atoms with Crippen LogP contribution >= 0.6 is 0 Å². The molecule has 0 bridgehead atoms. The van der Waals surface area contributed by atoms with E-state index in [1.54, 1.807) is 18.2 Å². The molecular weight excluding hydrogens is 276 g/mol. The standard InChI is InChI=1S/C14H16N2O3S/c1-10-9-12(7-6-11(10)5-4-8-15)16-13(17)14(2,3)20(16,18)19/h6-7,9H,8,15H2,1-3H3. The van der Waals surface area contributed by atoms with Crippen LogP contribution < -0.4 is 10.0 Å². The van der Waals surface area contributed by atoms with Crippen LogP contribution in [-0.4, -0.2) is 25.6 Å². The van der Waals surface area contributed by atoms with Gasteiger partial charge in [0.25, 0.3) is 15.9 Å². The van der Waals surface area contributed by atoms with Gasteiger partial charge in [0.2, 0.25) is 0 Å². The molecule has 1 heterocycles. The fourth-order valence-electron chi connectivity index (χ4n) is 1.97. The summed E-state index contributed by atoms with van der Waals surface area (Å²) in [5.41, 5.74) is 7.23. The summed E-state index contributed by atoms with van der Waals surface area (Å²) in [5.74, 6) is 5.22. The summed E-state index contributed by atoms with van der Waals surface area (Å²) < 4.78 is 23.7. The Morgan fingerprint density at radius 3 is 2.50 bits per heavy atom. The van der Waals surface area contributed by atoms with Crippen molar-refractivity contribution < 1.29 is 13.2 Å². The van der Waals surface area contributed by atoms with Gasteiger partial charge in [0.15, 0.2) is 4.75 Å². The lowest BCUT2D eigenvalue weighted by molar-refractivity contribution is -0.120. The Labute approximate surface area is 118 Å². The van der Waals surface area contributed by atoms with Crippen LogP contribution in [0.4, 0.5) is 5.69 Å². The van der Waals surface area contributed by atoms with E-state index in [0.29, 0.717) is 5.69 Å². The number of sulfonamides is 1. The maximum absolute atomic E-state index is 12.1. The van der Waals surface area contributed by atoms with Crippen LogP contribution in [0, 0.1) is 18.8 Å². The number of hydrogen-bond donors (Lipinski definition) is 1. The summed E-state index contributed by atoms with van der Waals surface area (Å²) in [6.07, 6.45) is 0. The van der Waals surface area contributed by atoms with Crippen LogP contribution in [0.3, 0.4) is 0 Å². The fourth-order valence-corrected chi connectivity index (χ4v) is 3.44. The molecule has 1 aliphatic rings. The Balaban J connectivity index is 2.42. The van der Waals surface area contributed by atoms with E-state index in [1.807, 2.05) is 6.92 Å². The summed E-state index contributed by atoms with van der Waals surface area (Å²) in [7, 11) is -3.62. The van der Waals surface area contributed by atoms with Crippen molar-refractivity contribution in [1.29, 1.82) is 0 Å². The van der Waals surface area contributed by atoms with Crippen molar-refractivity contribution in [2.75, 3.05) is 10.8 Å². The zero-order valence-electron chi connectivity index (χ0n) is 11.6. The highest BCUT2D eigenvalue weighted by molar-refractivity contribution is 7.98. The molecule has 5 nitrogen and oxygen atoms in total. The summed E-state index contributed by atoms with van der Waals surface area (Å²) >= 11 is 0. The third kappa shape index (κ3) is 1.90. The van der Waals surface area contributed by atoms with Gasteiger partial charge in [-0.15, -0.1) is 0 Å². The lowest BCUT2D eigenvalue weighted by Gasteiger charge is -2.42. The lowest BCUT2D eigenvalue weighted by atomic mass is 10.1. The molecular formula is C14H16N2O3S. The van der Waals surface area contributed by atoms with Crippen molar-refractivity contribution in [3.05, 3.63) is 29.3 Å². The van der Waals surface area contributed by atoms with Crippen LogP contribution in [0.1, 0.15) is 25.0 Å². The number of benzene rings is 1. The second-order valence-electron chi connectivity index (χ2n) is 5.09. The molecule has 0 spiro atoms. The summed E-state index contributed by atoms with van der Waals surface area (Å²) in [4.78, 5) is 12.0. The van der Waals surface area contributed by atoms with Crippen molar-refractivity contribution >= 4 is 21.6 Å². The van der Waals surface area contributed by atoms with E-state index in [9.17, 15) is 13.2 Å². The number of rotatable bonds is 1. The number of carbonyl (C=O) groups is 1. The first kappa shape index (κ1) is 14.6. The van der Waals surface area contributed by atoms with Crippen molar-refractivity contribution in [3.63, 3.8) is 0 Å². The van der Waals surface area contributed by atoms with Gasteiger partial charge >= 0.3 is 0 Å². The van der Waals surface area contributed by atoms with Gasteiger partial charge in [-0.2, -0.15) is 0 Å². The van der Waals surface area contributed by atoms with Crippen LogP contribution in [0.2, 0.25) is 0 Å². The highest BCUT2D eigenvalue weighted by atomic mass is 32.2. The number of aryl methyl sites for hydroxylation is 1. The quantitative estimate of drug-likeness (QED) is 0.775. The molecule has 2 rings (SSSR count). The van der Waals surface area contributed by atoms with Gasteiger partial charge in [0, 0.05) is 5.56 Å². The first-order chi connectivity index (χ1) is 9.23. The Morgan fingerprint density at radius 1 is 1.35 bits per heavy atom. The van der Waals surface area contributed by atoms with E-state index in [-0.39, 0.29) is 6.54 Å². The maximum Gasteiger partial charge on any atom is 0.263 e. The van der Waals surface area contributed by atoms with E-state index in [0.717, 1.165) is 15.4 Å². The minimum atomic E-state index is -3.62. The van der Waals surface area contributed by atoms with Crippen LogP contribution in [0.5, 0.6) is 0 Å². The molecule has 0 radical (unpaired) electrons. The molecule has 0 atom stereocenters. The van der Waals surface area contributed by atoms with E-state index >= 15 is 0 Å². The van der Waals surface area contributed by atoms with Gasteiger partial charge in [-0.1, -0.05) is 11.8 Å². The fraction of sp³-hybridized carbons (Fsp3) is 0.357. The van der Waals surface area contributed by atoms with Gasteiger partial charge in [-0.05, 0) is 44.5 Å². The highest BCUT2D eigenvalue weighted by Crippen LogP contribution is 2.39. The smallest absolute Gasteiger partial charge is 0.263 e. The molecule has 0 unspecified atom stereocenters. The van der Waals surface area contributed by atoms with Gasteiger partial charge in [0.1, 0.15) is 0 Å². The predicted octanol–water partition coefficient (Wildman–Crippen LogP) is 0.760. The number of nitrogens with zero attached hydrogens (tertiary/aromatic N) is 1. The van der Waals surface area contributed by atoms with Crippen LogP contribution in [0.15, 0.2) is 18.2 Å². The van der Waals surface area contributed by atoms with Crippen molar-refractivity contribution in [2.24, 2.45) is 5.73 Å². The van der Waals surface area contributed by atoms with Crippen molar-refractivity contribution in [3.8, 4) is 11.8 Å². The summed E-state index contributed by atoms with van der Waals surface area (Å²) in [5, 5.41) is 0. The van der Waals surface area contributed by atoms with Gasteiger partial charge in [0.05, 0.1) is 12.2 Å². The van der Waals surface area contributed by atoms with Crippen molar-refractivity contribution in [2.45, 2.75) is 25.5 Å². The number of carbonyl (C=O) groups excluding carboxylic acids is 1. The topological polar surface area (TPSA) is 80.5 Å². The summed E-state index contributed by atoms with van der Waals surface area (Å²) in [6, 6.07) is 4.92. The second-order valence-corrected chi connectivity index (χ2v) is 7.43. The maximum atomic E-state index is 12.1. The molecule has 0 saturated carbocycles. The molecule has 6 heteroatoms. The number of amides is 1. The minimum Gasteiger partial charge on any atom is -0.320 e. The zero-order chi connectivity index (χ0) is 15.1. The Bertz CT molecular complexity index is 739. The molecule has 1 aromatic carbocycles. The summed E-state index contributed by atoms with van der Waals surface area (Å²) in [6.45, 7) is 4.89. The molecule has 1 aromatic rings. The highest BCUT2D eigenvalue weighted by Gasteiger charge is 2.60. The van der Waals surface area contributed by atoms with E-state index in [2.05, 4.69) is 11.8 Å². The normalized spacial score (nSPS) is 19.0. The largest absolute Gasteiger partial charge is 0.320 e. The molecule has 1 fully saturated rings. The Kier molecular flexibility index (Phi) is 3.36. The van der Waals surface area contributed by atoms with Crippen LogP contribution in [-0.2, 0) is 14.8 Å². The predicted molar refractivity (Wildman–Crippen MR) is 77.6 cm³/mol. The third-order valence-corrected chi connectivity index (χ3v) is 5.68. The molecule has 20 heavy (non-hydrogen) atoms. The van der Waals surface area contributed by atoms with Gasteiger partial charge < -0.3 is 5.73 Å². The molecule has 1 aliphatic heterocycles. The Morgan fingerprint density at radius 2 is 2.00 bits per heavy atom. The average molecular weight is 292 g/mol. The van der Waals surface area contributed by atoms with Crippen molar-refractivity contribution in [1.82, 2.24) is 0 Å². The molecule has 106 valence electrons. The first-order valence-electron chi connectivity index (χ1n) is 6.12. The molecule has 1 amide bonds. The zero-order valence-corrected chi connectivity index (χ0v) is 12.4. The first-order valence-corrected chi connectivity index (χ1v) is 7.56. The van der Waals surface area contributed by atoms with Gasteiger partial charge in [-0.3, -0.25) is 4.79 Å².